The maximum Gasteiger partial charge on any atom is 0.304 e. The third-order valence-corrected chi connectivity index (χ3v) is 9.53. The number of aliphatic carboxylic acids is 1. The molecular weight excluding hydrogens is 516 g/mol. The van der Waals surface area contributed by atoms with E-state index in [0.29, 0.717) is 43.3 Å². The van der Waals surface area contributed by atoms with Gasteiger partial charge in [-0.3, -0.25) is 13.9 Å². The molecule has 3 aromatic rings. The molecule has 0 aliphatic carbocycles. The van der Waals surface area contributed by atoms with E-state index in [-0.39, 0.29) is 19.1 Å². The summed E-state index contributed by atoms with van der Waals surface area (Å²) in [6.07, 6.45) is 0.992. The Hall–Kier alpha value is -3.04. The molecular formula is C31H36O7S. The monoisotopic (exact) mass is 552 g/mol. The molecule has 0 saturated carbocycles. The number of hydrogen-bond donors (Lipinski definition) is 3. The molecule has 3 aromatic carbocycles. The summed E-state index contributed by atoms with van der Waals surface area (Å²) in [5.41, 5.74) is 5.48. The fraction of sp³-hybridized carbons (Fsp3) is 0.387. The number of aryl methyl sites for hydroxylation is 2. The van der Waals surface area contributed by atoms with E-state index in [1.807, 2.05) is 42.5 Å². The quantitative estimate of drug-likeness (QED) is 0.275. The van der Waals surface area contributed by atoms with Crippen molar-refractivity contribution in [3.8, 4) is 22.6 Å². The molecule has 2 fully saturated rings. The smallest absolute Gasteiger partial charge is 0.304 e. The van der Waals surface area contributed by atoms with Crippen LogP contribution in [0.3, 0.4) is 0 Å². The molecule has 0 spiro atoms. The van der Waals surface area contributed by atoms with E-state index >= 15 is 0 Å². The van der Waals surface area contributed by atoms with Gasteiger partial charge in [-0.2, -0.15) is 10.6 Å². The second-order valence-electron chi connectivity index (χ2n) is 10.7. The molecule has 0 atom stereocenters. The molecule has 0 unspecified atom stereocenters. The van der Waals surface area contributed by atoms with Crippen LogP contribution in [0.4, 0.5) is 0 Å². The van der Waals surface area contributed by atoms with Gasteiger partial charge >= 0.3 is 5.97 Å². The lowest BCUT2D eigenvalue weighted by Gasteiger charge is -2.41. The summed E-state index contributed by atoms with van der Waals surface area (Å²) in [5.74, 6) is 1.20. The molecule has 7 nitrogen and oxygen atoms in total. The van der Waals surface area contributed by atoms with Gasteiger partial charge in [0, 0.05) is 41.0 Å². The summed E-state index contributed by atoms with van der Waals surface area (Å²) in [6.45, 7) is 5.10. The predicted molar refractivity (Wildman–Crippen MR) is 153 cm³/mol. The molecule has 208 valence electrons. The summed E-state index contributed by atoms with van der Waals surface area (Å²) < 4.78 is 38.7. The van der Waals surface area contributed by atoms with Crippen molar-refractivity contribution in [1.29, 1.82) is 0 Å². The van der Waals surface area contributed by atoms with Crippen LogP contribution in [0.5, 0.6) is 11.5 Å². The van der Waals surface area contributed by atoms with Crippen LogP contribution in [0.25, 0.3) is 11.1 Å². The largest absolute Gasteiger partial charge is 0.489 e. The van der Waals surface area contributed by atoms with Crippen LogP contribution in [0.15, 0.2) is 60.7 Å². The van der Waals surface area contributed by atoms with Crippen LogP contribution in [0.1, 0.15) is 41.5 Å². The van der Waals surface area contributed by atoms with Gasteiger partial charge in [0.1, 0.15) is 24.2 Å². The van der Waals surface area contributed by atoms with Crippen molar-refractivity contribution in [3.05, 3.63) is 82.9 Å². The summed E-state index contributed by atoms with van der Waals surface area (Å²) >= 11 is 0. The Morgan fingerprint density at radius 3 is 2.28 bits per heavy atom. The van der Waals surface area contributed by atoms with Crippen LogP contribution < -0.4 is 9.47 Å². The molecule has 0 bridgehead atoms. The van der Waals surface area contributed by atoms with Gasteiger partial charge in [0.15, 0.2) is 0 Å². The molecule has 8 heteroatoms. The van der Waals surface area contributed by atoms with E-state index in [2.05, 4.69) is 32.0 Å². The molecule has 2 aliphatic heterocycles. The van der Waals surface area contributed by atoms with Crippen molar-refractivity contribution in [2.75, 3.05) is 24.7 Å². The first-order valence-electron chi connectivity index (χ1n) is 13.3. The maximum absolute atomic E-state index is 11.6. The molecule has 0 radical (unpaired) electrons. The van der Waals surface area contributed by atoms with Crippen molar-refractivity contribution in [2.45, 2.75) is 51.2 Å². The van der Waals surface area contributed by atoms with Gasteiger partial charge in [-0.25, -0.2) is 0 Å². The first-order valence-corrected chi connectivity index (χ1v) is 15.2. The van der Waals surface area contributed by atoms with Gasteiger partial charge < -0.3 is 19.3 Å². The average molecular weight is 553 g/mol. The molecule has 5 rings (SSSR count). The lowest BCUT2D eigenvalue weighted by Crippen LogP contribution is -2.48. The zero-order chi connectivity index (χ0) is 27.6. The third-order valence-electron chi connectivity index (χ3n) is 7.75. The molecule has 2 saturated heterocycles. The Morgan fingerprint density at radius 1 is 0.974 bits per heavy atom. The number of carboxylic acid groups (broad SMARTS) is 1. The SMILES string of the molecule is Cc1cccc(C)c1-c1cccc(COc2ccccc2C2(CC(=O)O)COC2)c1OC1CCS(O)(O)CC1. The number of benzene rings is 3. The van der Waals surface area contributed by atoms with E-state index in [1.165, 1.54) is 0 Å². The minimum Gasteiger partial charge on any atom is -0.489 e. The van der Waals surface area contributed by atoms with Gasteiger partial charge in [-0.1, -0.05) is 54.6 Å². The van der Waals surface area contributed by atoms with E-state index in [9.17, 15) is 19.0 Å². The predicted octanol–water partition coefficient (Wildman–Crippen LogP) is 6.58. The van der Waals surface area contributed by atoms with Gasteiger partial charge in [-0.15, -0.1) is 0 Å². The Morgan fingerprint density at radius 2 is 1.64 bits per heavy atom. The number of ether oxygens (including phenoxy) is 3. The van der Waals surface area contributed by atoms with Gasteiger partial charge in [-0.05, 0) is 36.6 Å². The zero-order valence-electron chi connectivity index (χ0n) is 22.4. The number of rotatable bonds is 9. The summed E-state index contributed by atoms with van der Waals surface area (Å²) in [6, 6.07) is 19.9. The fourth-order valence-electron chi connectivity index (χ4n) is 5.62. The summed E-state index contributed by atoms with van der Waals surface area (Å²) in [5, 5.41) is 9.54. The second-order valence-corrected chi connectivity index (χ2v) is 13.1. The molecule has 0 amide bonds. The van der Waals surface area contributed by atoms with Crippen LogP contribution >= 0.6 is 10.6 Å². The van der Waals surface area contributed by atoms with Gasteiger partial charge in [0.25, 0.3) is 0 Å². The van der Waals surface area contributed by atoms with E-state index in [0.717, 1.165) is 39.1 Å². The lowest BCUT2D eigenvalue weighted by molar-refractivity contribution is -0.145. The minimum absolute atomic E-state index is 0.0232. The van der Waals surface area contributed by atoms with Crippen molar-refractivity contribution >= 4 is 16.6 Å². The zero-order valence-corrected chi connectivity index (χ0v) is 23.2. The third kappa shape index (κ3) is 5.94. The van der Waals surface area contributed by atoms with Gasteiger partial charge in [0.05, 0.1) is 25.0 Å². The van der Waals surface area contributed by atoms with E-state index in [1.54, 1.807) is 0 Å². The van der Waals surface area contributed by atoms with E-state index in [4.69, 9.17) is 14.2 Å². The number of carboxylic acids is 1. The standard InChI is InChI=1S/C31H36O7S/c1-21-7-5-8-22(2)29(21)25-10-6-9-23(30(25)38-24-13-15-39(34,35)16-14-24)18-37-27-12-4-3-11-26(27)31(17-28(32)33)19-36-20-31/h3-12,24,34-35H,13-20H2,1-2H3,(H,32,33). The number of para-hydroxylation sites is 2. The topological polar surface area (TPSA) is 105 Å². The first-order chi connectivity index (χ1) is 18.7. The Balaban J connectivity index is 1.48. The highest BCUT2D eigenvalue weighted by atomic mass is 32.3. The number of hydrogen-bond acceptors (Lipinski definition) is 6. The maximum atomic E-state index is 11.6. The molecule has 2 heterocycles. The van der Waals surface area contributed by atoms with Crippen molar-refractivity contribution in [2.24, 2.45) is 0 Å². The van der Waals surface area contributed by atoms with Crippen LogP contribution in [0, 0.1) is 13.8 Å². The number of carbonyl (C=O) groups is 1. The summed E-state index contributed by atoms with van der Waals surface area (Å²) in [4.78, 5) is 11.6. The van der Waals surface area contributed by atoms with Crippen LogP contribution in [0.2, 0.25) is 0 Å². The lowest BCUT2D eigenvalue weighted by atomic mass is 9.75. The van der Waals surface area contributed by atoms with E-state index < -0.39 is 22.0 Å². The highest BCUT2D eigenvalue weighted by Crippen LogP contribution is 2.46. The normalized spacial score (nSPS) is 19.1. The second kappa shape index (κ2) is 11.2. The molecule has 2 aliphatic rings. The van der Waals surface area contributed by atoms with Gasteiger partial charge in [0.2, 0.25) is 0 Å². The fourth-order valence-corrected chi connectivity index (χ4v) is 7.11. The minimum atomic E-state index is -2.52. The molecule has 0 aromatic heterocycles. The highest BCUT2D eigenvalue weighted by Gasteiger charge is 2.44. The Labute approximate surface area is 231 Å². The Bertz CT molecular complexity index is 1320. The first kappa shape index (κ1) is 27.5. The highest BCUT2D eigenvalue weighted by molar-refractivity contribution is 8.24. The van der Waals surface area contributed by atoms with Crippen molar-refractivity contribution in [1.82, 2.24) is 0 Å². The van der Waals surface area contributed by atoms with Crippen LogP contribution in [-0.4, -0.2) is 51.0 Å². The molecule has 3 N–H and O–H groups in total. The summed E-state index contributed by atoms with van der Waals surface area (Å²) in [7, 11) is -2.52. The van der Waals surface area contributed by atoms with Crippen molar-refractivity contribution < 1.29 is 33.2 Å². The molecule has 39 heavy (non-hydrogen) atoms. The van der Waals surface area contributed by atoms with Crippen LogP contribution in [-0.2, 0) is 21.6 Å². The Kier molecular flexibility index (Phi) is 7.91. The van der Waals surface area contributed by atoms with Crippen molar-refractivity contribution in [3.63, 3.8) is 0 Å². The average Bonchev–Trinajstić information content (AvgIpc) is 2.87.